The van der Waals surface area contributed by atoms with Gasteiger partial charge in [0, 0.05) is 72.2 Å². The SMILES string of the molecule is C=CC1=C(C)c2cc3[nH]c(cc4nc(cc5[nH]c(cc1n2)c(C)c5CCC(=O)NCCN(CC)CC)C(CCC(=O)NCCN(CC)CC)=C4C)c(C)c3C=C. The molecule has 0 spiro atoms. The normalized spacial score (nSPS) is 12.9. The van der Waals surface area contributed by atoms with E-state index in [1.165, 1.54) is 0 Å². The van der Waals surface area contributed by atoms with Gasteiger partial charge >= 0.3 is 0 Å². The maximum absolute atomic E-state index is 13.2. The molecule has 3 aromatic heterocycles. The number of aromatic amines is 2. The monoisotopic (exact) mass is 758 g/mol. The summed E-state index contributed by atoms with van der Waals surface area (Å²) >= 11 is 0. The van der Waals surface area contributed by atoms with Crippen molar-refractivity contribution in [1.82, 2.24) is 40.4 Å². The summed E-state index contributed by atoms with van der Waals surface area (Å²) < 4.78 is 0. The Kier molecular flexibility index (Phi) is 14.4. The smallest absolute Gasteiger partial charge is 0.220 e. The van der Waals surface area contributed by atoms with Crippen LogP contribution in [0, 0.1) is 13.8 Å². The molecule has 2 amide bonds. The van der Waals surface area contributed by atoms with Crippen molar-refractivity contribution >= 4 is 62.2 Å². The van der Waals surface area contributed by atoms with Gasteiger partial charge in [0.1, 0.15) is 0 Å². The number of hydrogen-bond donors (Lipinski definition) is 4. The Balaban J connectivity index is 1.64. The van der Waals surface area contributed by atoms with Crippen molar-refractivity contribution < 1.29 is 9.59 Å². The van der Waals surface area contributed by atoms with Gasteiger partial charge in [0.2, 0.25) is 11.8 Å². The maximum Gasteiger partial charge on any atom is 0.220 e. The van der Waals surface area contributed by atoms with E-state index in [4.69, 9.17) is 9.97 Å². The number of allylic oxidation sites excluding steroid dienone is 5. The Hall–Kier alpha value is -5.06. The third-order valence-corrected chi connectivity index (χ3v) is 11.5. The first-order chi connectivity index (χ1) is 27.0. The van der Waals surface area contributed by atoms with Crippen LogP contribution in [0.15, 0.2) is 43.5 Å². The standard InChI is InChI=1S/C46H62N8O2/c1-11-33-29(7)37-25-38-31(9)35(17-19-45(55)47-21-23-53(13-3)14-4)43(51-38)28-44-36(18-20-46(56)48-22-24-54(15-5)16-6)32(10)40(52-44)27-42-34(12-2)30(8)39(50-42)26-41(33)49-37/h11-12,25-28,49,52H,1-2,13-24H2,3-10H3,(H,47,55)(H,48,56). The summed E-state index contributed by atoms with van der Waals surface area (Å²) in [4.78, 5) is 48.6. The van der Waals surface area contributed by atoms with Gasteiger partial charge in [0.05, 0.1) is 22.8 Å². The van der Waals surface area contributed by atoms with E-state index in [1.807, 2.05) is 12.2 Å². The number of aromatic nitrogens is 4. The summed E-state index contributed by atoms with van der Waals surface area (Å²) in [5.74, 6) is 0.0555. The molecule has 8 bridgehead atoms. The van der Waals surface area contributed by atoms with E-state index in [-0.39, 0.29) is 11.8 Å². The molecule has 0 atom stereocenters. The Morgan fingerprint density at radius 3 is 1.73 bits per heavy atom. The second kappa shape index (κ2) is 19.2. The van der Waals surface area contributed by atoms with Gasteiger partial charge < -0.3 is 30.4 Å². The minimum absolute atomic E-state index is 0.0265. The molecule has 5 heterocycles. The van der Waals surface area contributed by atoms with Crippen molar-refractivity contribution in [1.29, 1.82) is 0 Å². The highest BCUT2D eigenvalue weighted by molar-refractivity contribution is 5.98. The summed E-state index contributed by atoms with van der Waals surface area (Å²) in [6.45, 7) is 31.9. The number of fused-ring (bicyclic) bond motifs is 8. The largest absolute Gasteiger partial charge is 0.355 e. The van der Waals surface area contributed by atoms with Crippen LogP contribution >= 0.6 is 0 Å². The van der Waals surface area contributed by atoms with Crippen molar-refractivity contribution in [3.63, 3.8) is 0 Å². The minimum Gasteiger partial charge on any atom is -0.355 e. The highest BCUT2D eigenvalue weighted by Crippen LogP contribution is 2.36. The molecular formula is C46H62N8O2. The number of H-pyrrole nitrogens is 2. The Labute approximate surface area is 333 Å². The predicted molar refractivity (Wildman–Crippen MR) is 235 cm³/mol. The number of aryl methyl sites for hydroxylation is 3. The third kappa shape index (κ3) is 9.48. The summed E-state index contributed by atoms with van der Waals surface area (Å²) in [5, 5.41) is 6.25. The fraction of sp³-hybridized carbons (Fsp3) is 0.435. The van der Waals surface area contributed by atoms with Crippen LogP contribution in [-0.2, 0) is 16.0 Å². The zero-order chi connectivity index (χ0) is 40.5. The van der Waals surface area contributed by atoms with Crippen molar-refractivity contribution in [2.24, 2.45) is 0 Å². The Bertz CT molecular complexity index is 2190. The maximum atomic E-state index is 13.2. The number of carbonyl (C=O) groups is 2. The fourth-order valence-electron chi connectivity index (χ4n) is 7.75. The van der Waals surface area contributed by atoms with Gasteiger partial charge in [-0.2, -0.15) is 0 Å². The predicted octanol–water partition coefficient (Wildman–Crippen LogP) is 8.25. The van der Waals surface area contributed by atoms with Gasteiger partial charge in [-0.1, -0.05) is 53.0 Å². The number of likely N-dealkylation sites (N-methyl/N-ethyl adjacent to an activating group) is 2. The van der Waals surface area contributed by atoms with Crippen LogP contribution in [0.25, 0.3) is 50.4 Å². The molecule has 2 aliphatic rings. The molecule has 0 aliphatic carbocycles. The van der Waals surface area contributed by atoms with Gasteiger partial charge in [-0.3, -0.25) is 9.59 Å². The summed E-state index contributed by atoms with van der Waals surface area (Å²) in [5.41, 5.74) is 15.3. The molecule has 56 heavy (non-hydrogen) atoms. The van der Waals surface area contributed by atoms with Gasteiger partial charge in [-0.15, -0.1) is 0 Å². The number of nitrogens with zero attached hydrogens (tertiary/aromatic N) is 4. The average Bonchev–Trinajstić information content (AvgIpc) is 3.85. The minimum atomic E-state index is 0.0265. The van der Waals surface area contributed by atoms with Crippen LogP contribution in [0.4, 0.5) is 0 Å². The summed E-state index contributed by atoms with van der Waals surface area (Å²) in [6.07, 6.45) is 5.55. The lowest BCUT2D eigenvalue weighted by Crippen LogP contribution is -2.34. The molecule has 3 aromatic rings. The fourth-order valence-corrected chi connectivity index (χ4v) is 7.75. The van der Waals surface area contributed by atoms with Gasteiger partial charge in [-0.05, 0) is 124 Å². The lowest BCUT2D eigenvalue weighted by Gasteiger charge is -2.18. The molecule has 0 radical (unpaired) electrons. The molecule has 4 N–H and O–H groups in total. The Morgan fingerprint density at radius 2 is 1.14 bits per heavy atom. The van der Waals surface area contributed by atoms with Crippen LogP contribution in [0.1, 0.15) is 106 Å². The highest BCUT2D eigenvalue weighted by atomic mass is 16.2. The van der Waals surface area contributed by atoms with E-state index < -0.39 is 0 Å². The van der Waals surface area contributed by atoms with Gasteiger partial charge in [0.15, 0.2) is 0 Å². The Morgan fingerprint density at radius 1 is 0.643 bits per heavy atom. The van der Waals surface area contributed by atoms with E-state index in [9.17, 15) is 9.59 Å². The second-order valence-electron chi connectivity index (χ2n) is 14.7. The van der Waals surface area contributed by atoms with Crippen LogP contribution in [0.3, 0.4) is 0 Å². The van der Waals surface area contributed by atoms with Crippen LogP contribution in [0.5, 0.6) is 0 Å². The van der Waals surface area contributed by atoms with Crippen molar-refractivity contribution in [3.8, 4) is 0 Å². The highest BCUT2D eigenvalue weighted by Gasteiger charge is 2.21. The van der Waals surface area contributed by atoms with E-state index in [0.29, 0.717) is 38.8 Å². The molecule has 10 nitrogen and oxygen atoms in total. The van der Waals surface area contributed by atoms with E-state index in [1.54, 1.807) is 0 Å². The topological polar surface area (TPSA) is 122 Å². The van der Waals surface area contributed by atoms with E-state index in [0.717, 1.165) is 129 Å². The van der Waals surface area contributed by atoms with E-state index >= 15 is 0 Å². The average molecular weight is 759 g/mol. The van der Waals surface area contributed by atoms with Crippen molar-refractivity contribution in [2.75, 3.05) is 52.4 Å². The second-order valence-corrected chi connectivity index (χ2v) is 14.7. The van der Waals surface area contributed by atoms with E-state index in [2.05, 4.69) is 123 Å². The first-order valence-corrected chi connectivity index (χ1v) is 20.4. The number of carbonyl (C=O) groups excluding carboxylic acids is 2. The van der Waals surface area contributed by atoms with Crippen molar-refractivity contribution in [3.05, 3.63) is 88.5 Å². The molecule has 2 aliphatic heterocycles. The molecule has 0 saturated carbocycles. The molecular weight excluding hydrogens is 697 g/mol. The zero-order valence-electron chi connectivity index (χ0n) is 35.0. The third-order valence-electron chi connectivity index (χ3n) is 11.5. The molecule has 0 saturated heterocycles. The van der Waals surface area contributed by atoms with Crippen LogP contribution in [-0.4, -0.2) is 93.9 Å². The number of rotatable bonds is 18. The molecule has 5 rings (SSSR count). The van der Waals surface area contributed by atoms with Crippen LogP contribution < -0.4 is 10.6 Å². The molecule has 298 valence electrons. The van der Waals surface area contributed by atoms with Crippen LogP contribution in [0.2, 0.25) is 0 Å². The van der Waals surface area contributed by atoms with Gasteiger partial charge in [-0.25, -0.2) is 9.97 Å². The molecule has 0 unspecified atom stereocenters. The first-order valence-electron chi connectivity index (χ1n) is 20.4. The number of amides is 2. The number of hydrogen-bond acceptors (Lipinski definition) is 6. The van der Waals surface area contributed by atoms with Crippen molar-refractivity contribution in [2.45, 2.75) is 81.1 Å². The van der Waals surface area contributed by atoms with Gasteiger partial charge in [0.25, 0.3) is 0 Å². The first kappa shape index (κ1) is 42.1. The summed E-state index contributed by atoms with van der Waals surface area (Å²) in [7, 11) is 0. The lowest BCUT2D eigenvalue weighted by atomic mass is 10.00. The quantitative estimate of drug-likeness (QED) is 0.104. The molecule has 0 fully saturated rings. The molecule has 10 heteroatoms. The molecule has 0 aromatic carbocycles. The zero-order valence-corrected chi connectivity index (χ0v) is 35.0. The lowest BCUT2D eigenvalue weighted by molar-refractivity contribution is -0.121. The summed E-state index contributed by atoms with van der Waals surface area (Å²) in [6, 6.07) is 8.36. The number of nitrogens with one attached hydrogen (secondary N) is 4.